The van der Waals surface area contributed by atoms with E-state index < -0.39 is 0 Å². The Balaban J connectivity index is 1.53. The molecule has 1 aromatic carbocycles. The number of halogens is 1. The number of piperidine rings is 1. The van der Waals surface area contributed by atoms with E-state index in [-0.39, 0.29) is 11.8 Å². The average Bonchev–Trinajstić information content (AvgIpc) is 2.69. The van der Waals surface area contributed by atoms with Crippen LogP contribution in [0.2, 0.25) is 5.02 Å². The molecule has 0 radical (unpaired) electrons. The third-order valence-electron chi connectivity index (χ3n) is 4.83. The van der Waals surface area contributed by atoms with Gasteiger partial charge in [0.1, 0.15) is 18.0 Å². The number of benzene rings is 1. The lowest BCUT2D eigenvalue weighted by Gasteiger charge is -2.33. The van der Waals surface area contributed by atoms with Gasteiger partial charge in [-0.25, -0.2) is 15.0 Å². The van der Waals surface area contributed by atoms with E-state index in [2.05, 4.69) is 25.2 Å². The highest BCUT2D eigenvalue weighted by Gasteiger charge is 2.27. The molecule has 1 aliphatic rings. The topological polar surface area (TPSA) is 71.0 Å². The third-order valence-corrected chi connectivity index (χ3v) is 5.07. The fourth-order valence-electron chi connectivity index (χ4n) is 3.42. The number of fused-ring (bicyclic) bond motifs is 1. The second-order valence-corrected chi connectivity index (χ2v) is 7.29. The van der Waals surface area contributed by atoms with Gasteiger partial charge in [-0.1, -0.05) is 17.7 Å². The number of hydrogen-bond donors (Lipinski definition) is 1. The third kappa shape index (κ3) is 3.85. The summed E-state index contributed by atoms with van der Waals surface area (Å²) < 4.78 is 0. The monoisotopic (exact) mass is 381 g/mol. The summed E-state index contributed by atoms with van der Waals surface area (Å²) in [4.78, 5) is 27.9. The zero-order valence-corrected chi connectivity index (χ0v) is 15.8. The highest BCUT2D eigenvalue weighted by Crippen LogP contribution is 2.29. The van der Waals surface area contributed by atoms with Crippen LogP contribution >= 0.6 is 11.6 Å². The summed E-state index contributed by atoms with van der Waals surface area (Å²) in [5.41, 5.74) is 1.87. The van der Waals surface area contributed by atoms with Gasteiger partial charge < -0.3 is 10.2 Å². The quantitative estimate of drug-likeness (QED) is 0.746. The van der Waals surface area contributed by atoms with Crippen LogP contribution in [0, 0.1) is 12.8 Å². The van der Waals surface area contributed by atoms with Crippen LogP contribution < -0.4 is 10.2 Å². The molecule has 7 heteroatoms. The molecule has 1 unspecified atom stereocenters. The molecule has 0 saturated carbocycles. The Bertz CT molecular complexity index is 976. The van der Waals surface area contributed by atoms with Crippen LogP contribution in [-0.2, 0) is 4.79 Å². The second kappa shape index (κ2) is 7.48. The van der Waals surface area contributed by atoms with E-state index in [4.69, 9.17) is 11.6 Å². The minimum absolute atomic E-state index is 0.00235. The molecule has 4 rings (SSSR count). The van der Waals surface area contributed by atoms with Crippen LogP contribution in [0.1, 0.15) is 18.4 Å². The number of hydrogen-bond acceptors (Lipinski definition) is 5. The van der Waals surface area contributed by atoms with Gasteiger partial charge in [0.05, 0.1) is 11.4 Å². The maximum atomic E-state index is 12.7. The van der Waals surface area contributed by atoms with E-state index in [1.165, 1.54) is 0 Å². The van der Waals surface area contributed by atoms with Crippen molar-refractivity contribution in [2.75, 3.05) is 23.3 Å². The van der Waals surface area contributed by atoms with Crippen LogP contribution in [0.25, 0.3) is 10.9 Å². The van der Waals surface area contributed by atoms with Crippen LogP contribution in [-0.4, -0.2) is 33.9 Å². The number of aryl methyl sites for hydroxylation is 1. The van der Waals surface area contributed by atoms with E-state index in [9.17, 15) is 4.79 Å². The highest BCUT2D eigenvalue weighted by atomic mass is 35.5. The molecule has 138 valence electrons. The van der Waals surface area contributed by atoms with E-state index >= 15 is 0 Å². The van der Waals surface area contributed by atoms with Crippen molar-refractivity contribution in [1.29, 1.82) is 0 Å². The van der Waals surface area contributed by atoms with Crippen LogP contribution in [0.15, 0.2) is 42.9 Å². The Morgan fingerprint density at radius 2 is 2.11 bits per heavy atom. The molecule has 1 fully saturated rings. The van der Waals surface area contributed by atoms with Gasteiger partial charge >= 0.3 is 0 Å². The minimum Gasteiger partial charge on any atom is -0.355 e. The number of carbonyl (C=O) groups is 1. The predicted molar refractivity (Wildman–Crippen MR) is 107 cm³/mol. The number of carbonyl (C=O) groups excluding carboxylic acids is 1. The largest absolute Gasteiger partial charge is 0.355 e. The summed E-state index contributed by atoms with van der Waals surface area (Å²) >= 11 is 6.08. The second-order valence-electron chi connectivity index (χ2n) is 6.85. The maximum absolute atomic E-state index is 12.7. The Labute approximate surface area is 162 Å². The van der Waals surface area contributed by atoms with E-state index in [0.717, 1.165) is 41.7 Å². The summed E-state index contributed by atoms with van der Waals surface area (Å²) in [7, 11) is 0. The lowest BCUT2D eigenvalue weighted by Crippen LogP contribution is -2.41. The number of rotatable bonds is 3. The van der Waals surface area contributed by atoms with Gasteiger partial charge in [-0.2, -0.15) is 0 Å². The van der Waals surface area contributed by atoms with Gasteiger partial charge in [0.2, 0.25) is 5.91 Å². The van der Waals surface area contributed by atoms with Crippen molar-refractivity contribution >= 4 is 40.0 Å². The minimum atomic E-state index is -0.112. The molecule has 1 atom stereocenters. The summed E-state index contributed by atoms with van der Waals surface area (Å²) in [6.07, 6.45) is 5.08. The van der Waals surface area contributed by atoms with Crippen molar-refractivity contribution < 1.29 is 4.79 Å². The molecule has 1 N–H and O–H groups in total. The fraction of sp³-hybridized carbons (Fsp3) is 0.300. The van der Waals surface area contributed by atoms with Crippen molar-refractivity contribution in [2.45, 2.75) is 19.8 Å². The van der Waals surface area contributed by atoms with Gasteiger partial charge in [0, 0.05) is 29.7 Å². The van der Waals surface area contributed by atoms with E-state index in [1.54, 1.807) is 12.5 Å². The molecule has 0 spiro atoms. The van der Waals surface area contributed by atoms with Crippen molar-refractivity contribution in [2.24, 2.45) is 5.92 Å². The summed E-state index contributed by atoms with van der Waals surface area (Å²) in [5, 5.41) is 4.52. The van der Waals surface area contributed by atoms with E-state index in [1.807, 2.05) is 37.3 Å². The first-order valence-corrected chi connectivity index (χ1v) is 9.37. The maximum Gasteiger partial charge on any atom is 0.230 e. The molecular weight excluding hydrogens is 362 g/mol. The first-order chi connectivity index (χ1) is 13.1. The van der Waals surface area contributed by atoms with Crippen LogP contribution in [0.4, 0.5) is 11.6 Å². The smallest absolute Gasteiger partial charge is 0.230 e. The molecule has 1 amide bonds. The van der Waals surface area contributed by atoms with Gasteiger partial charge in [-0.3, -0.25) is 4.79 Å². The predicted octanol–water partition coefficient (Wildman–Crippen LogP) is 3.84. The highest BCUT2D eigenvalue weighted by molar-refractivity contribution is 6.31. The molecule has 0 aliphatic carbocycles. The van der Waals surface area contributed by atoms with Gasteiger partial charge in [-0.05, 0) is 49.6 Å². The molecule has 1 aliphatic heterocycles. The molecule has 27 heavy (non-hydrogen) atoms. The molecule has 2 aromatic heterocycles. The summed E-state index contributed by atoms with van der Waals surface area (Å²) in [6, 6.07) is 9.38. The Morgan fingerprint density at radius 3 is 2.93 bits per heavy atom. The normalized spacial score (nSPS) is 17.1. The van der Waals surface area contributed by atoms with Crippen LogP contribution in [0.5, 0.6) is 0 Å². The molecule has 3 heterocycles. The van der Waals surface area contributed by atoms with Crippen molar-refractivity contribution in [3.05, 3.63) is 53.4 Å². The number of nitrogens with one attached hydrogen (secondary N) is 1. The Morgan fingerprint density at radius 1 is 1.22 bits per heavy atom. The Kier molecular flexibility index (Phi) is 4.90. The molecule has 0 bridgehead atoms. The lowest BCUT2D eigenvalue weighted by molar-refractivity contribution is -0.120. The average molecular weight is 382 g/mol. The van der Waals surface area contributed by atoms with Gasteiger partial charge in [0.25, 0.3) is 0 Å². The number of nitrogens with zero attached hydrogens (tertiary/aromatic N) is 4. The van der Waals surface area contributed by atoms with Crippen molar-refractivity contribution in [1.82, 2.24) is 15.0 Å². The number of anilines is 2. The van der Waals surface area contributed by atoms with Crippen molar-refractivity contribution in [3.8, 4) is 0 Å². The summed E-state index contributed by atoms with van der Waals surface area (Å²) in [5.74, 6) is 1.32. The molecular formula is C20H20ClN5O. The van der Waals surface area contributed by atoms with Gasteiger partial charge in [-0.15, -0.1) is 0 Å². The van der Waals surface area contributed by atoms with Crippen LogP contribution in [0.3, 0.4) is 0 Å². The number of amides is 1. The standard InChI is InChI=1S/C20H20ClN5O/c1-13-4-7-18(22-10-13)25-20(27)14-3-2-8-26(11-14)19-16-6-5-15(21)9-17(16)23-12-24-19/h4-7,9-10,12,14H,2-3,8,11H2,1H3,(H,22,25,27). The van der Waals surface area contributed by atoms with Gasteiger partial charge in [0.15, 0.2) is 0 Å². The molecule has 1 saturated heterocycles. The molecule has 3 aromatic rings. The fourth-order valence-corrected chi connectivity index (χ4v) is 3.59. The number of pyridine rings is 1. The number of aromatic nitrogens is 3. The Hall–Kier alpha value is -2.73. The van der Waals surface area contributed by atoms with E-state index in [0.29, 0.717) is 17.4 Å². The first kappa shape index (κ1) is 17.7. The lowest BCUT2D eigenvalue weighted by atomic mass is 9.97. The zero-order valence-electron chi connectivity index (χ0n) is 15.0. The summed E-state index contributed by atoms with van der Waals surface area (Å²) in [6.45, 7) is 3.45. The zero-order chi connectivity index (χ0) is 18.8. The first-order valence-electron chi connectivity index (χ1n) is 8.99. The molecule has 6 nitrogen and oxygen atoms in total. The van der Waals surface area contributed by atoms with Crippen molar-refractivity contribution in [3.63, 3.8) is 0 Å². The SMILES string of the molecule is Cc1ccc(NC(=O)C2CCCN(c3ncnc4cc(Cl)ccc34)C2)nc1.